The molecule has 0 saturated heterocycles. The number of fused-ring (bicyclic) bond motifs is 1. The number of nitrogens with zero attached hydrogens (tertiary/aromatic N) is 1. The van der Waals surface area contributed by atoms with Crippen LogP contribution in [-0.4, -0.2) is 4.40 Å². The molecule has 78 valence electrons. The van der Waals surface area contributed by atoms with Crippen molar-refractivity contribution >= 4 is 5.52 Å². The van der Waals surface area contributed by atoms with Crippen LogP contribution in [0, 0.1) is 6.92 Å². The summed E-state index contributed by atoms with van der Waals surface area (Å²) in [5, 5.41) is 0. The van der Waals surface area contributed by atoms with Crippen LogP contribution >= 0.6 is 0 Å². The van der Waals surface area contributed by atoms with E-state index in [1.165, 1.54) is 22.2 Å². The number of benzene rings is 1. The van der Waals surface area contributed by atoms with E-state index in [0.29, 0.717) is 0 Å². The standard InChI is InChI=1S/C15H13N/c1-12-6-5-9-16-11-14(10-15(12)16)13-7-3-2-4-8-13/h2-11H,1H3. The number of aryl methyl sites for hydroxylation is 1. The lowest BCUT2D eigenvalue weighted by molar-refractivity contribution is 1.18. The molecule has 0 atom stereocenters. The van der Waals surface area contributed by atoms with E-state index in [9.17, 15) is 0 Å². The number of hydrogen-bond donors (Lipinski definition) is 0. The molecular weight excluding hydrogens is 194 g/mol. The molecule has 0 N–H and O–H groups in total. The first-order chi connectivity index (χ1) is 7.84. The summed E-state index contributed by atoms with van der Waals surface area (Å²) in [5.74, 6) is 0. The minimum Gasteiger partial charge on any atom is -0.323 e. The van der Waals surface area contributed by atoms with E-state index in [1.807, 2.05) is 6.07 Å². The normalized spacial score (nSPS) is 10.8. The van der Waals surface area contributed by atoms with Gasteiger partial charge in [0.05, 0.1) is 0 Å². The first-order valence-electron chi connectivity index (χ1n) is 5.47. The van der Waals surface area contributed by atoms with E-state index < -0.39 is 0 Å². The predicted molar refractivity (Wildman–Crippen MR) is 67.6 cm³/mol. The van der Waals surface area contributed by atoms with Gasteiger partial charge in [0.2, 0.25) is 0 Å². The Hall–Kier alpha value is -2.02. The molecule has 0 saturated carbocycles. The summed E-state index contributed by atoms with van der Waals surface area (Å²) in [4.78, 5) is 0. The van der Waals surface area contributed by atoms with Crippen molar-refractivity contribution < 1.29 is 0 Å². The average molecular weight is 207 g/mol. The van der Waals surface area contributed by atoms with E-state index in [0.717, 1.165) is 0 Å². The third-order valence-electron chi connectivity index (χ3n) is 2.95. The van der Waals surface area contributed by atoms with E-state index in [4.69, 9.17) is 0 Å². The molecule has 16 heavy (non-hydrogen) atoms. The van der Waals surface area contributed by atoms with Crippen LogP contribution in [0.25, 0.3) is 16.6 Å². The number of aromatic nitrogens is 1. The number of pyridine rings is 1. The van der Waals surface area contributed by atoms with Crippen LogP contribution in [-0.2, 0) is 0 Å². The van der Waals surface area contributed by atoms with Crippen molar-refractivity contribution in [3.8, 4) is 11.1 Å². The van der Waals surface area contributed by atoms with Crippen molar-refractivity contribution in [1.82, 2.24) is 4.40 Å². The molecule has 0 aliphatic rings. The monoisotopic (exact) mass is 207 g/mol. The summed E-state index contributed by atoms with van der Waals surface area (Å²) in [5.41, 5.74) is 5.13. The van der Waals surface area contributed by atoms with Crippen LogP contribution in [0.3, 0.4) is 0 Å². The zero-order valence-electron chi connectivity index (χ0n) is 9.22. The number of hydrogen-bond acceptors (Lipinski definition) is 0. The lowest BCUT2D eigenvalue weighted by Gasteiger charge is -1.95. The summed E-state index contributed by atoms with van der Waals surface area (Å²) < 4.78 is 2.18. The van der Waals surface area contributed by atoms with Gasteiger partial charge in [-0.15, -0.1) is 0 Å². The van der Waals surface area contributed by atoms with Gasteiger partial charge in [-0.05, 0) is 30.2 Å². The SMILES string of the molecule is Cc1cccn2cc(-c3ccccc3)cc12. The first kappa shape index (κ1) is 9.22. The maximum absolute atomic E-state index is 2.24. The van der Waals surface area contributed by atoms with Crippen molar-refractivity contribution in [3.05, 3.63) is 66.5 Å². The van der Waals surface area contributed by atoms with Gasteiger partial charge in [-0.2, -0.15) is 0 Å². The molecule has 3 aromatic rings. The Morgan fingerprint density at radius 1 is 0.875 bits per heavy atom. The highest BCUT2D eigenvalue weighted by molar-refractivity contribution is 5.71. The van der Waals surface area contributed by atoms with Crippen molar-refractivity contribution in [2.75, 3.05) is 0 Å². The molecule has 1 heteroatoms. The van der Waals surface area contributed by atoms with Crippen LogP contribution in [0.2, 0.25) is 0 Å². The largest absolute Gasteiger partial charge is 0.323 e. The molecule has 0 spiro atoms. The fraction of sp³-hybridized carbons (Fsp3) is 0.0667. The smallest absolute Gasteiger partial charge is 0.0485 e. The Kier molecular flexibility index (Phi) is 2.03. The second-order valence-corrected chi connectivity index (χ2v) is 4.08. The van der Waals surface area contributed by atoms with Gasteiger partial charge in [0.25, 0.3) is 0 Å². The van der Waals surface area contributed by atoms with Crippen molar-refractivity contribution in [3.63, 3.8) is 0 Å². The average Bonchev–Trinajstić information content (AvgIpc) is 2.76. The van der Waals surface area contributed by atoms with Gasteiger partial charge in [-0.1, -0.05) is 36.4 Å². The third-order valence-corrected chi connectivity index (χ3v) is 2.95. The lowest BCUT2D eigenvalue weighted by atomic mass is 10.1. The Morgan fingerprint density at radius 2 is 1.69 bits per heavy atom. The molecular formula is C15H13N. The van der Waals surface area contributed by atoms with Crippen LogP contribution < -0.4 is 0 Å². The van der Waals surface area contributed by atoms with Crippen LogP contribution in [0.5, 0.6) is 0 Å². The molecule has 0 bridgehead atoms. The fourth-order valence-electron chi connectivity index (χ4n) is 2.07. The molecule has 2 heterocycles. The van der Waals surface area contributed by atoms with Crippen LogP contribution in [0.15, 0.2) is 60.9 Å². The molecule has 0 fully saturated rings. The number of rotatable bonds is 1. The first-order valence-corrected chi connectivity index (χ1v) is 5.47. The predicted octanol–water partition coefficient (Wildman–Crippen LogP) is 3.91. The second kappa shape index (κ2) is 3.53. The highest BCUT2D eigenvalue weighted by atomic mass is 14.9. The van der Waals surface area contributed by atoms with Gasteiger partial charge in [0, 0.05) is 23.5 Å². The molecule has 1 aromatic carbocycles. The van der Waals surface area contributed by atoms with Crippen LogP contribution in [0.1, 0.15) is 5.56 Å². The summed E-state index contributed by atoms with van der Waals surface area (Å²) in [6.45, 7) is 2.14. The zero-order valence-corrected chi connectivity index (χ0v) is 9.22. The summed E-state index contributed by atoms with van der Waals surface area (Å²) >= 11 is 0. The van der Waals surface area contributed by atoms with Crippen LogP contribution in [0.4, 0.5) is 0 Å². The molecule has 1 nitrogen and oxygen atoms in total. The summed E-state index contributed by atoms with van der Waals surface area (Å²) in [6.07, 6.45) is 4.27. The van der Waals surface area contributed by atoms with Gasteiger partial charge in [-0.25, -0.2) is 0 Å². The Bertz CT molecular complexity index is 620. The summed E-state index contributed by atoms with van der Waals surface area (Å²) in [6, 6.07) is 16.9. The molecule has 3 rings (SSSR count). The van der Waals surface area contributed by atoms with Gasteiger partial charge < -0.3 is 4.40 Å². The van der Waals surface area contributed by atoms with Crippen molar-refractivity contribution in [1.29, 1.82) is 0 Å². The third kappa shape index (κ3) is 1.41. The van der Waals surface area contributed by atoms with Gasteiger partial charge in [0.15, 0.2) is 0 Å². The van der Waals surface area contributed by atoms with E-state index in [-0.39, 0.29) is 0 Å². The highest BCUT2D eigenvalue weighted by Crippen LogP contribution is 2.23. The molecule has 0 radical (unpaired) electrons. The van der Waals surface area contributed by atoms with Gasteiger partial charge in [0.1, 0.15) is 0 Å². The minimum absolute atomic E-state index is 1.27. The Labute approximate surface area is 95.0 Å². The molecule has 0 aliphatic carbocycles. The molecule has 0 aliphatic heterocycles. The minimum atomic E-state index is 1.27. The maximum Gasteiger partial charge on any atom is 0.0485 e. The second-order valence-electron chi connectivity index (χ2n) is 4.08. The summed E-state index contributed by atoms with van der Waals surface area (Å²) in [7, 11) is 0. The quantitative estimate of drug-likeness (QED) is 0.569. The molecule has 0 unspecified atom stereocenters. The van der Waals surface area contributed by atoms with Gasteiger partial charge >= 0.3 is 0 Å². The van der Waals surface area contributed by atoms with E-state index in [2.05, 4.69) is 66.2 Å². The van der Waals surface area contributed by atoms with E-state index in [1.54, 1.807) is 0 Å². The van der Waals surface area contributed by atoms with Crippen molar-refractivity contribution in [2.24, 2.45) is 0 Å². The van der Waals surface area contributed by atoms with E-state index >= 15 is 0 Å². The lowest BCUT2D eigenvalue weighted by Crippen LogP contribution is -1.82. The Morgan fingerprint density at radius 3 is 2.44 bits per heavy atom. The topological polar surface area (TPSA) is 4.41 Å². The Balaban J connectivity index is 2.23. The fourth-order valence-corrected chi connectivity index (χ4v) is 2.07. The van der Waals surface area contributed by atoms with Gasteiger partial charge in [-0.3, -0.25) is 0 Å². The zero-order chi connectivity index (χ0) is 11.0. The van der Waals surface area contributed by atoms with Crippen molar-refractivity contribution in [2.45, 2.75) is 6.92 Å². The highest BCUT2D eigenvalue weighted by Gasteiger charge is 2.02. The molecule has 2 aromatic heterocycles. The molecule has 0 amide bonds. The maximum atomic E-state index is 2.24.